The van der Waals surface area contributed by atoms with E-state index in [2.05, 4.69) is 0 Å². The second-order valence-electron chi connectivity index (χ2n) is 4.93. The lowest BCUT2D eigenvalue weighted by atomic mass is 10.0. The molecule has 0 amide bonds. The predicted molar refractivity (Wildman–Crippen MR) is 70.8 cm³/mol. The number of carboxylic acids is 1. The molecule has 0 heterocycles. The van der Waals surface area contributed by atoms with Crippen LogP contribution < -0.4 is 4.74 Å². The fourth-order valence-corrected chi connectivity index (χ4v) is 1.84. The maximum atomic E-state index is 13.9. The molecule has 0 radical (unpaired) electrons. The van der Waals surface area contributed by atoms with Gasteiger partial charge in [-0.05, 0) is 45.6 Å². The van der Waals surface area contributed by atoms with E-state index in [-0.39, 0.29) is 24.3 Å². The molecule has 106 valence electrons. The van der Waals surface area contributed by atoms with E-state index >= 15 is 0 Å². The SMILES string of the molecule is CC(C)Oc1ccc(C(CC(=O)O)N(C)C)cc1F. The summed E-state index contributed by atoms with van der Waals surface area (Å²) in [5.41, 5.74) is 0.626. The smallest absolute Gasteiger partial charge is 0.305 e. The van der Waals surface area contributed by atoms with Crippen LogP contribution >= 0.6 is 0 Å². The number of nitrogens with zero attached hydrogens (tertiary/aromatic N) is 1. The molecule has 1 aromatic carbocycles. The Labute approximate surface area is 112 Å². The van der Waals surface area contributed by atoms with E-state index < -0.39 is 11.8 Å². The van der Waals surface area contributed by atoms with E-state index in [0.717, 1.165) is 0 Å². The molecule has 1 aromatic rings. The molecule has 1 unspecified atom stereocenters. The Kier molecular flexibility index (Phi) is 5.30. The lowest BCUT2D eigenvalue weighted by Gasteiger charge is -2.23. The molecule has 0 saturated carbocycles. The molecule has 0 aliphatic carbocycles. The van der Waals surface area contributed by atoms with Gasteiger partial charge >= 0.3 is 5.97 Å². The molecule has 0 fully saturated rings. The van der Waals surface area contributed by atoms with Crippen LogP contribution in [0.25, 0.3) is 0 Å². The van der Waals surface area contributed by atoms with Gasteiger partial charge in [0.25, 0.3) is 0 Å². The highest BCUT2D eigenvalue weighted by molar-refractivity contribution is 5.68. The fraction of sp³-hybridized carbons (Fsp3) is 0.500. The van der Waals surface area contributed by atoms with E-state index in [1.54, 1.807) is 31.1 Å². The first-order chi connectivity index (χ1) is 8.81. The van der Waals surface area contributed by atoms with Crippen molar-refractivity contribution in [2.75, 3.05) is 14.1 Å². The number of carbonyl (C=O) groups is 1. The Hall–Kier alpha value is -1.62. The quantitative estimate of drug-likeness (QED) is 0.862. The first kappa shape index (κ1) is 15.4. The van der Waals surface area contributed by atoms with Gasteiger partial charge in [-0.1, -0.05) is 6.07 Å². The third-order valence-electron chi connectivity index (χ3n) is 2.69. The number of hydrogen-bond acceptors (Lipinski definition) is 3. The van der Waals surface area contributed by atoms with Crippen molar-refractivity contribution >= 4 is 5.97 Å². The van der Waals surface area contributed by atoms with Crippen LogP contribution in [-0.2, 0) is 4.79 Å². The molecule has 1 rings (SSSR count). The zero-order valence-electron chi connectivity index (χ0n) is 11.7. The van der Waals surface area contributed by atoms with Gasteiger partial charge in [0.05, 0.1) is 12.5 Å². The zero-order valence-corrected chi connectivity index (χ0v) is 11.7. The highest BCUT2D eigenvalue weighted by atomic mass is 19.1. The van der Waals surface area contributed by atoms with Crippen molar-refractivity contribution < 1.29 is 19.0 Å². The summed E-state index contributed by atoms with van der Waals surface area (Å²) in [6.07, 6.45) is -0.180. The fourth-order valence-electron chi connectivity index (χ4n) is 1.84. The molecule has 1 atom stereocenters. The molecule has 0 spiro atoms. The lowest BCUT2D eigenvalue weighted by molar-refractivity contribution is -0.138. The standard InChI is InChI=1S/C14H20FNO3/c1-9(2)19-13-6-5-10(7-11(13)15)12(16(3)4)8-14(17)18/h5-7,9,12H,8H2,1-4H3,(H,17,18). The second-order valence-corrected chi connectivity index (χ2v) is 4.93. The largest absolute Gasteiger partial charge is 0.488 e. The van der Waals surface area contributed by atoms with Crippen LogP contribution in [-0.4, -0.2) is 36.2 Å². The summed E-state index contributed by atoms with van der Waals surface area (Å²) in [6.45, 7) is 3.64. The summed E-state index contributed by atoms with van der Waals surface area (Å²) in [7, 11) is 3.54. The van der Waals surface area contributed by atoms with E-state index in [1.165, 1.54) is 6.07 Å². The molecule has 0 bridgehead atoms. The Bertz CT molecular complexity index is 446. The van der Waals surface area contributed by atoms with E-state index in [0.29, 0.717) is 5.56 Å². The molecule has 1 N–H and O–H groups in total. The van der Waals surface area contributed by atoms with Gasteiger partial charge in [0.2, 0.25) is 0 Å². The topological polar surface area (TPSA) is 49.8 Å². The Balaban J connectivity index is 2.99. The molecule has 4 nitrogen and oxygen atoms in total. The Morgan fingerprint density at radius 3 is 2.47 bits per heavy atom. The van der Waals surface area contributed by atoms with Gasteiger partial charge in [0.1, 0.15) is 0 Å². The van der Waals surface area contributed by atoms with Crippen molar-refractivity contribution in [2.24, 2.45) is 0 Å². The maximum absolute atomic E-state index is 13.9. The molecule has 19 heavy (non-hydrogen) atoms. The second kappa shape index (κ2) is 6.52. The van der Waals surface area contributed by atoms with Gasteiger partial charge < -0.3 is 14.7 Å². The van der Waals surface area contributed by atoms with Crippen molar-refractivity contribution in [3.63, 3.8) is 0 Å². The van der Waals surface area contributed by atoms with Crippen LogP contribution in [0.4, 0.5) is 4.39 Å². The van der Waals surface area contributed by atoms with Gasteiger partial charge in [-0.2, -0.15) is 0 Å². The minimum Gasteiger partial charge on any atom is -0.488 e. The van der Waals surface area contributed by atoms with Crippen LogP contribution in [0.5, 0.6) is 5.75 Å². The summed E-state index contributed by atoms with van der Waals surface area (Å²) < 4.78 is 19.2. The third-order valence-corrected chi connectivity index (χ3v) is 2.69. The van der Waals surface area contributed by atoms with E-state index in [9.17, 15) is 9.18 Å². The molecule has 0 saturated heterocycles. The highest BCUT2D eigenvalue weighted by Crippen LogP contribution is 2.27. The van der Waals surface area contributed by atoms with Crippen molar-refractivity contribution in [1.29, 1.82) is 0 Å². The van der Waals surface area contributed by atoms with Crippen LogP contribution in [0.1, 0.15) is 31.9 Å². The van der Waals surface area contributed by atoms with Crippen molar-refractivity contribution in [2.45, 2.75) is 32.4 Å². The highest BCUT2D eigenvalue weighted by Gasteiger charge is 2.19. The Morgan fingerprint density at radius 2 is 2.05 bits per heavy atom. The third kappa shape index (κ3) is 4.52. The van der Waals surface area contributed by atoms with Crippen LogP contribution in [0.3, 0.4) is 0 Å². The van der Waals surface area contributed by atoms with Crippen molar-refractivity contribution in [3.05, 3.63) is 29.6 Å². The number of ether oxygens (including phenoxy) is 1. The minimum atomic E-state index is -0.915. The average molecular weight is 269 g/mol. The first-order valence-electron chi connectivity index (χ1n) is 6.15. The zero-order chi connectivity index (χ0) is 14.6. The Morgan fingerprint density at radius 1 is 1.42 bits per heavy atom. The van der Waals surface area contributed by atoms with Crippen molar-refractivity contribution in [3.8, 4) is 5.75 Å². The molecule has 0 aliphatic rings. The minimum absolute atomic E-state index is 0.0726. The van der Waals surface area contributed by atoms with Crippen LogP contribution in [0.2, 0.25) is 0 Å². The van der Waals surface area contributed by atoms with Gasteiger partial charge in [-0.15, -0.1) is 0 Å². The first-order valence-corrected chi connectivity index (χ1v) is 6.15. The maximum Gasteiger partial charge on any atom is 0.305 e. The number of aliphatic carboxylic acids is 1. The number of halogens is 1. The normalized spacial score (nSPS) is 12.8. The van der Waals surface area contributed by atoms with Crippen molar-refractivity contribution in [1.82, 2.24) is 4.90 Å². The summed E-state index contributed by atoms with van der Waals surface area (Å²) in [5.74, 6) is -1.20. The van der Waals surface area contributed by atoms with E-state index in [4.69, 9.17) is 9.84 Å². The number of hydrogen-bond donors (Lipinski definition) is 1. The molecular formula is C14H20FNO3. The van der Waals surface area contributed by atoms with Gasteiger partial charge in [-0.25, -0.2) is 4.39 Å². The monoisotopic (exact) mass is 269 g/mol. The number of carboxylic acid groups (broad SMARTS) is 1. The van der Waals surface area contributed by atoms with Gasteiger partial charge in [0.15, 0.2) is 11.6 Å². The predicted octanol–water partition coefficient (Wildman–Crippen LogP) is 2.69. The number of benzene rings is 1. The summed E-state index contributed by atoms with van der Waals surface area (Å²) >= 11 is 0. The molecule has 0 aliphatic heterocycles. The summed E-state index contributed by atoms with van der Waals surface area (Å²) in [4.78, 5) is 12.6. The average Bonchev–Trinajstić information content (AvgIpc) is 2.27. The van der Waals surface area contributed by atoms with Gasteiger partial charge in [-0.3, -0.25) is 4.79 Å². The van der Waals surface area contributed by atoms with E-state index in [1.807, 2.05) is 13.8 Å². The summed E-state index contributed by atoms with van der Waals surface area (Å²) in [6, 6.07) is 4.23. The lowest BCUT2D eigenvalue weighted by Crippen LogP contribution is -2.23. The molecule has 5 heteroatoms. The van der Waals surface area contributed by atoms with Crippen LogP contribution in [0, 0.1) is 5.82 Å². The summed E-state index contributed by atoms with van der Waals surface area (Å²) in [5, 5.41) is 8.89. The molecular weight excluding hydrogens is 249 g/mol. The van der Waals surface area contributed by atoms with Crippen LogP contribution in [0.15, 0.2) is 18.2 Å². The number of rotatable bonds is 6. The van der Waals surface area contributed by atoms with Gasteiger partial charge in [0, 0.05) is 6.04 Å². The molecule has 0 aromatic heterocycles.